The Labute approximate surface area is 96.9 Å². The number of hydrogen-bond acceptors (Lipinski definition) is 4. The molecule has 16 heavy (non-hydrogen) atoms. The molecule has 1 aliphatic heterocycles. The second-order valence-electron chi connectivity index (χ2n) is 5.03. The summed E-state index contributed by atoms with van der Waals surface area (Å²) in [6, 6.07) is 2.04. The van der Waals surface area contributed by atoms with Crippen LogP contribution in [0.25, 0.3) is 0 Å². The summed E-state index contributed by atoms with van der Waals surface area (Å²) in [4.78, 5) is 0. The van der Waals surface area contributed by atoms with E-state index in [1.165, 1.54) is 12.8 Å². The number of aryl methyl sites for hydroxylation is 1. The standard InChI is InChI=1S/C12H20N4/c1-10-7-11(16-15-8-10)14-9-12(2)3-5-13-6-4-12/h7-8,13H,3-6,9H2,1-2H3,(H,14,16). The summed E-state index contributed by atoms with van der Waals surface area (Å²) in [5, 5.41) is 14.8. The van der Waals surface area contributed by atoms with Gasteiger partial charge in [0.2, 0.25) is 0 Å². The highest BCUT2D eigenvalue weighted by Gasteiger charge is 2.26. The normalized spacial score (nSPS) is 19.4. The van der Waals surface area contributed by atoms with Crippen molar-refractivity contribution in [2.75, 3.05) is 25.0 Å². The highest BCUT2D eigenvalue weighted by Crippen LogP contribution is 2.27. The lowest BCUT2D eigenvalue weighted by Gasteiger charge is -2.34. The van der Waals surface area contributed by atoms with Crippen LogP contribution in [0.3, 0.4) is 0 Å². The van der Waals surface area contributed by atoms with Gasteiger partial charge in [0.05, 0.1) is 6.20 Å². The average molecular weight is 220 g/mol. The Morgan fingerprint density at radius 3 is 2.88 bits per heavy atom. The largest absolute Gasteiger partial charge is 0.368 e. The van der Waals surface area contributed by atoms with Crippen molar-refractivity contribution >= 4 is 5.82 Å². The van der Waals surface area contributed by atoms with Gasteiger partial charge in [-0.2, -0.15) is 5.10 Å². The van der Waals surface area contributed by atoms with Crippen molar-refractivity contribution in [3.05, 3.63) is 17.8 Å². The smallest absolute Gasteiger partial charge is 0.148 e. The van der Waals surface area contributed by atoms with E-state index in [0.29, 0.717) is 5.41 Å². The Morgan fingerprint density at radius 1 is 1.44 bits per heavy atom. The molecule has 1 aliphatic rings. The zero-order valence-electron chi connectivity index (χ0n) is 10.1. The average Bonchev–Trinajstić information content (AvgIpc) is 2.28. The molecular weight excluding hydrogens is 200 g/mol. The van der Waals surface area contributed by atoms with E-state index in [9.17, 15) is 0 Å². The van der Waals surface area contributed by atoms with E-state index < -0.39 is 0 Å². The molecule has 1 aromatic heterocycles. The number of nitrogens with one attached hydrogen (secondary N) is 2. The highest BCUT2D eigenvalue weighted by atomic mass is 15.2. The molecule has 1 aromatic rings. The molecule has 4 nitrogen and oxygen atoms in total. The molecule has 0 unspecified atom stereocenters. The van der Waals surface area contributed by atoms with Crippen LogP contribution in [0.15, 0.2) is 12.3 Å². The van der Waals surface area contributed by atoms with Gasteiger partial charge in [-0.25, -0.2) is 0 Å². The third-order valence-electron chi connectivity index (χ3n) is 3.30. The lowest BCUT2D eigenvalue weighted by atomic mass is 9.81. The van der Waals surface area contributed by atoms with E-state index in [1.807, 2.05) is 13.0 Å². The Morgan fingerprint density at radius 2 is 2.19 bits per heavy atom. The molecule has 0 aliphatic carbocycles. The van der Waals surface area contributed by atoms with E-state index in [4.69, 9.17) is 0 Å². The first-order valence-corrected chi connectivity index (χ1v) is 5.92. The summed E-state index contributed by atoms with van der Waals surface area (Å²) < 4.78 is 0. The van der Waals surface area contributed by atoms with Gasteiger partial charge >= 0.3 is 0 Å². The number of anilines is 1. The topological polar surface area (TPSA) is 49.8 Å². The minimum atomic E-state index is 0.386. The van der Waals surface area contributed by atoms with Crippen LogP contribution in [0.1, 0.15) is 25.3 Å². The van der Waals surface area contributed by atoms with Crippen LogP contribution in [-0.4, -0.2) is 29.8 Å². The van der Waals surface area contributed by atoms with Gasteiger partial charge in [0.15, 0.2) is 0 Å². The van der Waals surface area contributed by atoms with Crippen LogP contribution < -0.4 is 10.6 Å². The molecule has 88 valence electrons. The van der Waals surface area contributed by atoms with Crippen molar-refractivity contribution in [1.29, 1.82) is 0 Å². The summed E-state index contributed by atoms with van der Waals surface area (Å²) in [5.41, 5.74) is 1.53. The van der Waals surface area contributed by atoms with Gasteiger partial charge < -0.3 is 10.6 Å². The molecule has 0 bridgehead atoms. The van der Waals surface area contributed by atoms with E-state index in [1.54, 1.807) is 6.20 Å². The first-order chi connectivity index (χ1) is 7.68. The van der Waals surface area contributed by atoms with Crippen LogP contribution >= 0.6 is 0 Å². The minimum Gasteiger partial charge on any atom is -0.368 e. The minimum absolute atomic E-state index is 0.386. The number of nitrogens with zero attached hydrogens (tertiary/aromatic N) is 2. The van der Waals surface area contributed by atoms with Crippen molar-refractivity contribution in [2.45, 2.75) is 26.7 Å². The molecule has 0 radical (unpaired) electrons. The van der Waals surface area contributed by atoms with Crippen LogP contribution in [0.4, 0.5) is 5.82 Å². The van der Waals surface area contributed by atoms with Gasteiger partial charge in [-0.15, -0.1) is 5.10 Å². The van der Waals surface area contributed by atoms with Crippen LogP contribution in [0, 0.1) is 12.3 Å². The Balaban J connectivity index is 1.91. The van der Waals surface area contributed by atoms with Gasteiger partial charge in [-0.05, 0) is 49.9 Å². The fraction of sp³-hybridized carbons (Fsp3) is 0.667. The summed E-state index contributed by atoms with van der Waals surface area (Å²) in [6.07, 6.45) is 4.22. The molecule has 2 N–H and O–H groups in total. The zero-order valence-corrected chi connectivity index (χ0v) is 10.1. The van der Waals surface area contributed by atoms with E-state index in [2.05, 4.69) is 27.8 Å². The molecule has 0 aromatic carbocycles. The second kappa shape index (κ2) is 4.78. The summed E-state index contributed by atoms with van der Waals surface area (Å²) in [5.74, 6) is 0.889. The Kier molecular flexibility index (Phi) is 3.39. The van der Waals surface area contributed by atoms with Crippen molar-refractivity contribution < 1.29 is 0 Å². The SMILES string of the molecule is Cc1cnnc(NCC2(C)CCNCC2)c1. The third kappa shape index (κ3) is 2.92. The Hall–Kier alpha value is -1.16. The molecule has 2 rings (SSSR count). The van der Waals surface area contributed by atoms with Crippen molar-refractivity contribution in [2.24, 2.45) is 5.41 Å². The molecule has 0 spiro atoms. The maximum atomic E-state index is 4.08. The van der Waals surface area contributed by atoms with E-state index >= 15 is 0 Å². The van der Waals surface area contributed by atoms with Crippen LogP contribution in [-0.2, 0) is 0 Å². The maximum Gasteiger partial charge on any atom is 0.148 e. The molecule has 0 saturated carbocycles. The Bertz CT molecular complexity index is 345. The van der Waals surface area contributed by atoms with Crippen molar-refractivity contribution in [1.82, 2.24) is 15.5 Å². The number of hydrogen-bond donors (Lipinski definition) is 2. The predicted molar refractivity (Wildman–Crippen MR) is 65.5 cm³/mol. The molecule has 4 heteroatoms. The fourth-order valence-corrected chi connectivity index (χ4v) is 2.06. The van der Waals surface area contributed by atoms with Crippen molar-refractivity contribution in [3.63, 3.8) is 0 Å². The summed E-state index contributed by atoms with van der Waals surface area (Å²) in [7, 11) is 0. The number of rotatable bonds is 3. The number of piperidine rings is 1. The van der Waals surface area contributed by atoms with Gasteiger partial charge in [0.25, 0.3) is 0 Å². The summed E-state index contributed by atoms with van der Waals surface area (Å²) >= 11 is 0. The van der Waals surface area contributed by atoms with Gasteiger partial charge in [0.1, 0.15) is 5.82 Å². The van der Waals surface area contributed by atoms with Gasteiger partial charge in [-0.1, -0.05) is 6.92 Å². The fourth-order valence-electron chi connectivity index (χ4n) is 2.06. The van der Waals surface area contributed by atoms with E-state index in [0.717, 1.165) is 31.0 Å². The summed E-state index contributed by atoms with van der Waals surface area (Å²) in [6.45, 7) is 7.60. The first kappa shape index (κ1) is 11.3. The van der Waals surface area contributed by atoms with Crippen molar-refractivity contribution in [3.8, 4) is 0 Å². The molecule has 2 heterocycles. The zero-order chi connectivity index (χ0) is 11.4. The lowest BCUT2D eigenvalue weighted by molar-refractivity contribution is 0.247. The maximum absolute atomic E-state index is 4.08. The molecule has 1 fully saturated rings. The third-order valence-corrected chi connectivity index (χ3v) is 3.30. The second-order valence-corrected chi connectivity index (χ2v) is 5.03. The monoisotopic (exact) mass is 220 g/mol. The highest BCUT2D eigenvalue weighted by molar-refractivity contribution is 5.35. The molecule has 1 saturated heterocycles. The number of aromatic nitrogens is 2. The van der Waals surface area contributed by atoms with Gasteiger partial charge in [0, 0.05) is 6.54 Å². The lowest BCUT2D eigenvalue weighted by Crippen LogP contribution is -2.39. The van der Waals surface area contributed by atoms with Gasteiger partial charge in [-0.3, -0.25) is 0 Å². The predicted octanol–water partition coefficient (Wildman–Crippen LogP) is 1.59. The van der Waals surface area contributed by atoms with E-state index in [-0.39, 0.29) is 0 Å². The van der Waals surface area contributed by atoms with Crippen LogP contribution in [0.5, 0.6) is 0 Å². The molecular formula is C12H20N4. The first-order valence-electron chi connectivity index (χ1n) is 5.92. The quantitative estimate of drug-likeness (QED) is 0.812. The van der Waals surface area contributed by atoms with Crippen LogP contribution in [0.2, 0.25) is 0 Å². The molecule has 0 amide bonds. The molecule has 0 atom stereocenters.